The van der Waals surface area contributed by atoms with Gasteiger partial charge >= 0.3 is 6.03 Å². The first kappa shape index (κ1) is 17.9. The number of hydrogen-bond donors (Lipinski definition) is 3. The van der Waals surface area contributed by atoms with Crippen molar-refractivity contribution in [3.05, 3.63) is 59.9 Å². The minimum absolute atomic E-state index is 0.0175. The Bertz CT molecular complexity index is 775. The van der Waals surface area contributed by atoms with Crippen molar-refractivity contribution >= 4 is 11.7 Å². The number of aromatic nitrogens is 1. The molecule has 2 aliphatic heterocycles. The lowest BCUT2D eigenvalue weighted by Crippen LogP contribution is -2.55. The molecule has 0 saturated carbocycles. The van der Waals surface area contributed by atoms with Crippen molar-refractivity contribution in [2.45, 2.75) is 25.6 Å². The van der Waals surface area contributed by atoms with E-state index in [0.717, 1.165) is 43.9 Å². The monoisotopic (exact) mass is 366 g/mol. The van der Waals surface area contributed by atoms with Crippen molar-refractivity contribution in [1.29, 1.82) is 0 Å². The highest BCUT2D eigenvalue weighted by molar-refractivity contribution is 5.90. The van der Waals surface area contributed by atoms with Crippen LogP contribution in [0.2, 0.25) is 0 Å². The third-order valence-electron chi connectivity index (χ3n) is 5.42. The number of hydrogen-bond acceptors (Lipinski definition) is 5. The Labute approximate surface area is 159 Å². The van der Waals surface area contributed by atoms with Crippen LogP contribution in [0.4, 0.5) is 10.5 Å². The van der Waals surface area contributed by atoms with Crippen LogP contribution in [0.1, 0.15) is 23.6 Å². The van der Waals surface area contributed by atoms with Crippen LogP contribution >= 0.6 is 0 Å². The van der Waals surface area contributed by atoms with E-state index < -0.39 is 0 Å². The molecule has 2 amide bonds. The maximum Gasteiger partial charge on any atom is 0.321 e. The number of aryl methyl sites for hydroxylation is 1. The number of piperazine rings is 1. The van der Waals surface area contributed by atoms with E-state index >= 15 is 0 Å². The predicted molar refractivity (Wildman–Crippen MR) is 105 cm³/mol. The molecule has 0 spiro atoms. The van der Waals surface area contributed by atoms with E-state index in [1.165, 1.54) is 5.56 Å². The summed E-state index contributed by atoms with van der Waals surface area (Å²) < 4.78 is 0. The summed E-state index contributed by atoms with van der Waals surface area (Å²) in [6.45, 7) is 5.20. The fraction of sp³-hybridized carbons (Fsp3) is 0.400. The molecule has 27 heavy (non-hydrogen) atoms. The van der Waals surface area contributed by atoms with Crippen LogP contribution in [0.3, 0.4) is 0 Å². The molecule has 3 heterocycles. The molecule has 2 fully saturated rings. The summed E-state index contributed by atoms with van der Waals surface area (Å²) in [4.78, 5) is 20.9. The van der Waals surface area contributed by atoms with Crippen LogP contribution in [0.25, 0.3) is 0 Å². The summed E-state index contributed by atoms with van der Waals surface area (Å²) in [6, 6.07) is 12.2. The average molecular weight is 366 g/mol. The number of nitrogens with one attached hydrogen (secondary N) is 3. The second-order valence-corrected chi connectivity index (χ2v) is 7.14. The molecular formula is C20H26N6O. The first-order chi connectivity index (χ1) is 13.2. The Morgan fingerprint density at radius 3 is 2.56 bits per heavy atom. The third kappa shape index (κ3) is 4.10. The van der Waals surface area contributed by atoms with Gasteiger partial charge in [0.05, 0.1) is 6.17 Å². The summed E-state index contributed by atoms with van der Waals surface area (Å²) in [5.41, 5.74) is 9.99. The van der Waals surface area contributed by atoms with Crippen LogP contribution in [0.15, 0.2) is 48.8 Å². The summed E-state index contributed by atoms with van der Waals surface area (Å²) in [6.07, 6.45) is 4.94. The van der Waals surface area contributed by atoms with Gasteiger partial charge < -0.3 is 10.2 Å². The fourth-order valence-electron chi connectivity index (χ4n) is 3.74. The molecule has 2 aromatic rings. The largest absolute Gasteiger partial charge is 0.322 e. The molecule has 7 nitrogen and oxygen atoms in total. The topological polar surface area (TPSA) is 72.5 Å². The number of nitrogens with zero attached hydrogens (tertiary/aromatic N) is 3. The van der Waals surface area contributed by atoms with E-state index in [9.17, 15) is 4.79 Å². The van der Waals surface area contributed by atoms with E-state index in [0.29, 0.717) is 6.04 Å². The molecule has 2 saturated heterocycles. The van der Waals surface area contributed by atoms with Gasteiger partial charge in [0.1, 0.15) is 0 Å². The second-order valence-electron chi connectivity index (χ2n) is 7.14. The second kappa shape index (κ2) is 8.04. The minimum Gasteiger partial charge on any atom is -0.322 e. The maximum absolute atomic E-state index is 12.5. The Morgan fingerprint density at radius 2 is 1.81 bits per heavy atom. The summed E-state index contributed by atoms with van der Waals surface area (Å²) in [5.74, 6) is 0. The normalized spacial score (nSPS) is 23.4. The number of carbonyl (C=O) groups is 1. The number of para-hydroxylation sites is 1. The number of hydrazine groups is 1. The third-order valence-corrected chi connectivity index (χ3v) is 5.42. The van der Waals surface area contributed by atoms with Gasteiger partial charge in [0.15, 0.2) is 0 Å². The van der Waals surface area contributed by atoms with Crippen molar-refractivity contribution in [3.63, 3.8) is 0 Å². The molecule has 4 rings (SSSR count). The lowest BCUT2D eigenvalue weighted by Gasteiger charge is -2.37. The van der Waals surface area contributed by atoms with Gasteiger partial charge in [-0.1, -0.05) is 18.2 Å². The maximum atomic E-state index is 12.5. The highest BCUT2D eigenvalue weighted by Crippen LogP contribution is 2.24. The highest BCUT2D eigenvalue weighted by atomic mass is 16.2. The lowest BCUT2D eigenvalue weighted by atomic mass is 10.1. The van der Waals surface area contributed by atoms with Crippen molar-refractivity contribution in [2.75, 3.05) is 31.5 Å². The number of anilines is 1. The minimum atomic E-state index is -0.0175. The van der Waals surface area contributed by atoms with E-state index in [4.69, 9.17) is 0 Å². The smallest absolute Gasteiger partial charge is 0.321 e. The van der Waals surface area contributed by atoms with E-state index in [1.807, 2.05) is 48.5 Å². The molecule has 2 atom stereocenters. The molecule has 2 unspecified atom stereocenters. The first-order valence-corrected chi connectivity index (χ1v) is 9.47. The number of amides is 2. The standard InChI is InChI=1S/C20H26N6O/c1-15-4-2-3-5-17(15)22-20(27)26-12-10-25(11-13-26)19-14-18(23-24-19)16-6-8-21-9-7-16/h2-9,18-19,23-24H,10-14H2,1H3,(H,22,27). The van der Waals surface area contributed by atoms with Gasteiger partial charge in [0, 0.05) is 50.3 Å². The molecule has 1 aromatic heterocycles. The Balaban J connectivity index is 1.28. The zero-order valence-electron chi connectivity index (χ0n) is 15.6. The van der Waals surface area contributed by atoms with Crippen LogP contribution in [0, 0.1) is 6.92 Å². The number of benzene rings is 1. The van der Waals surface area contributed by atoms with Gasteiger partial charge in [-0.2, -0.15) is 0 Å². The fourth-order valence-corrected chi connectivity index (χ4v) is 3.74. The molecule has 2 aliphatic rings. The molecular weight excluding hydrogens is 340 g/mol. The van der Waals surface area contributed by atoms with Gasteiger partial charge in [-0.25, -0.2) is 15.6 Å². The van der Waals surface area contributed by atoms with Crippen LogP contribution in [0.5, 0.6) is 0 Å². The molecule has 1 aromatic carbocycles. The Morgan fingerprint density at radius 1 is 1.07 bits per heavy atom. The van der Waals surface area contributed by atoms with Gasteiger partial charge in [-0.05, 0) is 42.7 Å². The lowest BCUT2D eigenvalue weighted by molar-refractivity contribution is 0.103. The zero-order chi connectivity index (χ0) is 18.6. The van der Waals surface area contributed by atoms with E-state index in [-0.39, 0.29) is 12.2 Å². The van der Waals surface area contributed by atoms with E-state index in [2.05, 4.69) is 38.2 Å². The number of rotatable bonds is 3. The predicted octanol–water partition coefficient (Wildman–Crippen LogP) is 2.10. The molecule has 0 aliphatic carbocycles. The van der Waals surface area contributed by atoms with Crippen molar-refractivity contribution in [3.8, 4) is 0 Å². The van der Waals surface area contributed by atoms with E-state index in [1.54, 1.807) is 0 Å². The van der Waals surface area contributed by atoms with Crippen molar-refractivity contribution < 1.29 is 4.79 Å². The Kier molecular flexibility index (Phi) is 5.33. The molecule has 142 valence electrons. The van der Waals surface area contributed by atoms with Crippen LogP contribution < -0.4 is 16.2 Å². The molecule has 0 radical (unpaired) electrons. The van der Waals surface area contributed by atoms with Gasteiger partial charge in [-0.15, -0.1) is 0 Å². The summed E-state index contributed by atoms with van der Waals surface area (Å²) >= 11 is 0. The Hall–Kier alpha value is -2.48. The van der Waals surface area contributed by atoms with Crippen LogP contribution in [-0.4, -0.2) is 53.2 Å². The number of urea groups is 1. The van der Waals surface area contributed by atoms with Crippen molar-refractivity contribution in [2.24, 2.45) is 0 Å². The van der Waals surface area contributed by atoms with Crippen LogP contribution in [-0.2, 0) is 0 Å². The zero-order valence-corrected chi connectivity index (χ0v) is 15.6. The molecule has 0 bridgehead atoms. The van der Waals surface area contributed by atoms with Gasteiger partial charge in [0.25, 0.3) is 0 Å². The molecule has 3 N–H and O–H groups in total. The average Bonchev–Trinajstić information content (AvgIpc) is 3.21. The highest BCUT2D eigenvalue weighted by Gasteiger charge is 2.32. The quantitative estimate of drug-likeness (QED) is 0.776. The number of pyridine rings is 1. The number of carbonyl (C=O) groups excluding carboxylic acids is 1. The first-order valence-electron chi connectivity index (χ1n) is 9.47. The summed E-state index contributed by atoms with van der Waals surface area (Å²) in [7, 11) is 0. The van der Waals surface area contributed by atoms with Gasteiger partial charge in [-0.3, -0.25) is 9.88 Å². The SMILES string of the molecule is Cc1ccccc1NC(=O)N1CCN(C2CC(c3ccncc3)NN2)CC1. The molecule has 7 heteroatoms. The van der Waals surface area contributed by atoms with Crippen molar-refractivity contribution in [1.82, 2.24) is 25.6 Å². The van der Waals surface area contributed by atoms with Gasteiger partial charge in [0.2, 0.25) is 0 Å². The summed E-state index contributed by atoms with van der Waals surface area (Å²) in [5, 5.41) is 3.03.